The highest BCUT2D eigenvalue weighted by Gasteiger charge is 2.20. The van der Waals surface area contributed by atoms with Crippen LogP contribution in [0.3, 0.4) is 0 Å². The molecule has 1 atom stereocenters. The topological polar surface area (TPSA) is 101 Å². The second-order valence-electron chi connectivity index (χ2n) is 4.53. The van der Waals surface area contributed by atoms with Crippen molar-refractivity contribution in [2.24, 2.45) is 0 Å². The Bertz CT molecular complexity index is 528. The van der Waals surface area contributed by atoms with Gasteiger partial charge < -0.3 is 9.84 Å². The summed E-state index contributed by atoms with van der Waals surface area (Å²) in [5.41, 5.74) is -0.748. The summed E-state index contributed by atoms with van der Waals surface area (Å²) in [6.45, 7) is 5.17. The van der Waals surface area contributed by atoms with Crippen LogP contribution >= 0.6 is 0 Å². The number of aliphatic hydroxyl groups excluding tert-OH is 1. The number of aliphatic hydroxyl groups is 1. The lowest BCUT2D eigenvalue weighted by Crippen LogP contribution is -2.20. The fourth-order valence-electron chi connectivity index (χ4n) is 1.42. The SMILES string of the molecule is CC=CC(=O)OCC=C(C)CCC=C(C)C(O)S(=O)(=O)O. The van der Waals surface area contributed by atoms with Crippen LogP contribution in [0, 0.1) is 0 Å². The van der Waals surface area contributed by atoms with Crippen molar-refractivity contribution in [2.75, 3.05) is 6.61 Å². The highest BCUT2D eigenvalue weighted by Crippen LogP contribution is 2.11. The Morgan fingerprint density at radius 3 is 2.43 bits per heavy atom. The number of ether oxygens (including phenoxy) is 1. The summed E-state index contributed by atoms with van der Waals surface area (Å²) in [7, 11) is -4.47. The van der Waals surface area contributed by atoms with Crippen LogP contribution in [-0.4, -0.2) is 36.1 Å². The zero-order valence-corrected chi connectivity index (χ0v) is 13.3. The molecule has 0 heterocycles. The van der Waals surface area contributed by atoms with Crippen LogP contribution < -0.4 is 0 Å². The molecule has 0 aliphatic rings. The molecule has 6 nitrogen and oxygen atoms in total. The van der Waals surface area contributed by atoms with E-state index >= 15 is 0 Å². The molecule has 0 amide bonds. The molecule has 0 rings (SSSR count). The lowest BCUT2D eigenvalue weighted by atomic mass is 10.1. The molecular weight excluding hydrogens is 296 g/mol. The summed E-state index contributed by atoms with van der Waals surface area (Å²) in [6.07, 6.45) is 7.34. The third kappa shape index (κ3) is 9.17. The van der Waals surface area contributed by atoms with Crippen molar-refractivity contribution in [1.82, 2.24) is 0 Å². The van der Waals surface area contributed by atoms with Crippen molar-refractivity contribution in [3.8, 4) is 0 Å². The second kappa shape index (κ2) is 9.49. The van der Waals surface area contributed by atoms with Crippen LogP contribution in [0.5, 0.6) is 0 Å². The summed E-state index contributed by atoms with van der Waals surface area (Å²) in [4.78, 5) is 11.0. The smallest absolute Gasteiger partial charge is 0.330 e. The van der Waals surface area contributed by atoms with Crippen LogP contribution in [0.25, 0.3) is 0 Å². The molecule has 0 aliphatic heterocycles. The van der Waals surface area contributed by atoms with Crippen molar-refractivity contribution in [3.63, 3.8) is 0 Å². The normalized spacial score (nSPS) is 15.3. The number of carbonyl (C=O) groups is 1. The first kappa shape index (κ1) is 19.6. The fraction of sp³-hybridized carbons (Fsp3) is 0.500. The zero-order valence-electron chi connectivity index (χ0n) is 12.4. The maximum atomic E-state index is 11.0. The molecule has 0 aromatic rings. The van der Waals surface area contributed by atoms with Gasteiger partial charge in [-0.3, -0.25) is 4.55 Å². The summed E-state index contributed by atoms with van der Waals surface area (Å²) in [5.74, 6) is -0.409. The van der Waals surface area contributed by atoms with Gasteiger partial charge in [0.25, 0.3) is 10.1 Å². The molecule has 0 aromatic carbocycles. The van der Waals surface area contributed by atoms with Crippen molar-refractivity contribution in [1.29, 1.82) is 0 Å². The van der Waals surface area contributed by atoms with E-state index in [0.717, 1.165) is 5.57 Å². The Morgan fingerprint density at radius 1 is 1.29 bits per heavy atom. The first-order chi connectivity index (χ1) is 9.68. The van der Waals surface area contributed by atoms with Crippen molar-refractivity contribution in [3.05, 3.63) is 35.5 Å². The van der Waals surface area contributed by atoms with E-state index < -0.39 is 21.5 Å². The molecule has 21 heavy (non-hydrogen) atoms. The van der Waals surface area contributed by atoms with E-state index in [1.165, 1.54) is 13.0 Å². The van der Waals surface area contributed by atoms with Crippen molar-refractivity contribution < 1.29 is 27.6 Å². The summed E-state index contributed by atoms with van der Waals surface area (Å²) >= 11 is 0. The highest BCUT2D eigenvalue weighted by atomic mass is 32.2. The van der Waals surface area contributed by atoms with E-state index in [-0.39, 0.29) is 12.2 Å². The van der Waals surface area contributed by atoms with Gasteiger partial charge in [-0.2, -0.15) is 8.42 Å². The van der Waals surface area contributed by atoms with E-state index in [1.54, 1.807) is 25.2 Å². The van der Waals surface area contributed by atoms with E-state index in [2.05, 4.69) is 0 Å². The molecule has 0 aliphatic carbocycles. The molecule has 0 saturated carbocycles. The van der Waals surface area contributed by atoms with E-state index in [4.69, 9.17) is 9.29 Å². The zero-order chi connectivity index (χ0) is 16.5. The van der Waals surface area contributed by atoms with Crippen molar-refractivity contribution >= 4 is 16.1 Å². The summed E-state index contributed by atoms with van der Waals surface area (Å²) < 4.78 is 35.0. The average Bonchev–Trinajstić information content (AvgIpc) is 2.36. The molecule has 7 heteroatoms. The van der Waals surface area contributed by atoms with Gasteiger partial charge in [-0.05, 0) is 45.3 Å². The minimum Gasteiger partial charge on any atom is -0.458 e. The Kier molecular flexibility index (Phi) is 8.84. The number of rotatable bonds is 8. The predicted molar refractivity (Wildman–Crippen MR) is 80.1 cm³/mol. The summed E-state index contributed by atoms with van der Waals surface area (Å²) in [5, 5.41) is 9.29. The Labute approximate surface area is 125 Å². The van der Waals surface area contributed by atoms with Gasteiger partial charge in [0.1, 0.15) is 6.61 Å². The Balaban J connectivity index is 4.25. The molecule has 2 N–H and O–H groups in total. The second-order valence-corrected chi connectivity index (χ2v) is 6.01. The minimum absolute atomic E-state index is 0.171. The van der Waals surface area contributed by atoms with E-state index in [0.29, 0.717) is 12.8 Å². The first-order valence-electron chi connectivity index (χ1n) is 6.44. The van der Waals surface area contributed by atoms with Gasteiger partial charge in [-0.25, -0.2) is 4.79 Å². The third-order valence-corrected chi connectivity index (χ3v) is 3.57. The quantitative estimate of drug-likeness (QED) is 0.307. The van der Waals surface area contributed by atoms with Gasteiger partial charge in [-0.15, -0.1) is 0 Å². The standard InChI is InChI=1S/C14H22O6S/c1-4-6-13(15)20-10-9-11(2)7-5-8-12(3)14(16)21(17,18)19/h4,6,8-9,14,16H,5,7,10H2,1-3H3,(H,17,18,19). The average molecular weight is 318 g/mol. The molecule has 120 valence electrons. The molecule has 0 fully saturated rings. The van der Waals surface area contributed by atoms with Crippen LogP contribution in [0.4, 0.5) is 0 Å². The number of hydrogen-bond acceptors (Lipinski definition) is 5. The molecule has 0 aromatic heterocycles. The third-order valence-electron chi connectivity index (χ3n) is 2.64. The lowest BCUT2D eigenvalue weighted by Gasteiger charge is -2.07. The van der Waals surface area contributed by atoms with Gasteiger partial charge >= 0.3 is 5.97 Å². The van der Waals surface area contributed by atoms with Crippen LogP contribution in [0.15, 0.2) is 35.5 Å². The van der Waals surface area contributed by atoms with E-state index in [9.17, 15) is 18.3 Å². The Morgan fingerprint density at radius 2 is 1.90 bits per heavy atom. The van der Waals surface area contributed by atoms with Crippen LogP contribution in [0.1, 0.15) is 33.6 Å². The molecule has 0 spiro atoms. The Hall–Kier alpha value is -1.44. The maximum absolute atomic E-state index is 11.0. The molecule has 0 bridgehead atoms. The van der Waals surface area contributed by atoms with Gasteiger partial charge in [0.15, 0.2) is 0 Å². The van der Waals surface area contributed by atoms with Gasteiger partial charge in [0.2, 0.25) is 5.44 Å². The van der Waals surface area contributed by atoms with Crippen molar-refractivity contribution in [2.45, 2.75) is 39.0 Å². The van der Waals surface area contributed by atoms with Crippen LogP contribution in [-0.2, 0) is 19.6 Å². The lowest BCUT2D eigenvalue weighted by molar-refractivity contribution is -0.136. The molecule has 1 unspecified atom stereocenters. The number of hydrogen-bond donors (Lipinski definition) is 2. The number of esters is 1. The molecule has 0 radical (unpaired) electrons. The van der Waals surface area contributed by atoms with Gasteiger partial charge in [0, 0.05) is 6.08 Å². The number of carbonyl (C=O) groups excluding carboxylic acids is 1. The highest BCUT2D eigenvalue weighted by molar-refractivity contribution is 7.86. The van der Waals surface area contributed by atoms with Gasteiger partial charge in [-0.1, -0.05) is 17.7 Å². The maximum Gasteiger partial charge on any atom is 0.330 e. The monoisotopic (exact) mass is 318 g/mol. The number of allylic oxidation sites excluding steroid dienone is 3. The first-order valence-corrected chi connectivity index (χ1v) is 7.95. The fourth-order valence-corrected chi connectivity index (χ4v) is 1.98. The van der Waals surface area contributed by atoms with Gasteiger partial charge in [0.05, 0.1) is 0 Å². The molecule has 0 saturated heterocycles. The van der Waals surface area contributed by atoms with E-state index in [1.807, 2.05) is 6.92 Å². The van der Waals surface area contributed by atoms with Crippen LogP contribution in [0.2, 0.25) is 0 Å². The minimum atomic E-state index is -4.47. The largest absolute Gasteiger partial charge is 0.458 e. The molecular formula is C14H22O6S. The summed E-state index contributed by atoms with van der Waals surface area (Å²) in [6, 6.07) is 0. The predicted octanol–water partition coefficient (Wildman–Crippen LogP) is 1.98.